The average Bonchev–Trinajstić information content (AvgIpc) is 3.36. The molecular formula is C36H39FN2O5. The fourth-order valence-electron chi connectivity index (χ4n) is 5.34. The van der Waals surface area contributed by atoms with Crippen molar-refractivity contribution in [1.29, 1.82) is 0 Å². The summed E-state index contributed by atoms with van der Waals surface area (Å²) in [6, 6.07) is 25.3. The SMILES string of the molecule is COC(=O)C[C@H](O)C[C@H](O)C=Cc1c(-c2ccc(F)cc2)c(-c2ccccc2)c(C(=O)N(C)Cc2ccccc2)n1C(C)C. The van der Waals surface area contributed by atoms with Gasteiger partial charge in [-0.2, -0.15) is 0 Å². The molecule has 7 nitrogen and oxygen atoms in total. The predicted molar refractivity (Wildman–Crippen MR) is 170 cm³/mol. The van der Waals surface area contributed by atoms with Gasteiger partial charge in [-0.25, -0.2) is 4.39 Å². The molecule has 230 valence electrons. The van der Waals surface area contributed by atoms with Crippen LogP contribution in [0.2, 0.25) is 0 Å². The van der Waals surface area contributed by atoms with E-state index in [4.69, 9.17) is 0 Å². The first-order valence-electron chi connectivity index (χ1n) is 14.6. The standard InChI is InChI=1S/C36H39FN2O5/c1-24(2)39-31(20-19-29(40)21-30(41)22-32(42)44-4)33(27-15-17-28(37)18-16-27)34(26-13-9-6-10-14-26)35(39)36(43)38(3)23-25-11-7-5-8-12-25/h5-20,24,29-30,40-41H,21-23H2,1-4H3/t29-,30-/m1/s1. The van der Waals surface area contributed by atoms with E-state index < -0.39 is 18.2 Å². The van der Waals surface area contributed by atoms with E-state index in [1.165, 1.54) is 19.2 Å². The minimum Gasteiger partial charge on any atom is -0.469 e. The molecule has 0 radical (unpaired) electrons. The molecule has 0 saturated carbocycles. The topological polar surface area (TPSA) is 92.0 Å². The molecule has 8 heteroatoms. The van der Waals surface area contributed by atoms with E-state index >= 15 is 0 Å². The fourth-order valence-corrected chi connectivity index (χ4v) is 5.34. The summed E-state index contributed by atoms with van der Waals surface area (Å²) in [5, 5.41) is 21.1. The third kappa shape index (κ3) is 7.70. The summed E-state index contributed by atoms with van der Waals surface area (Å²) in [4.78, 5) is 27.7. The molecule has 4 rings (SSSR count). The smallest absolute Gasteiger partial charge is 0.308 e. The van der Waals surface area contributed by atoms with Crippen molar-refractivity contribution >= 4 is 18.0 Å². The summed E-state index contributed by atoms with van der Waals surface area (Å²) in [6.45, 7) is 4.35. The van der Waals surface area contributed by atoms with Crippen LogP contribution in [0.1, 0.15) is 54.5 Å². The van der Waals surface area contributed by atoms with Crippen molar-refractivity contribution < 1.29 is 28.9 Å². The Morgan fingerprint density at radius 1 is 0.909 bits per heavy atom. The molecule has 0 saturated heterocycles. The van der Waals surface area contributed by atoms with E-state index in [-0.39, 0.29) is 30.6 Å². The van der Waals surface area contributed by atoms with Crippen LogP contribution >= 0.6 is 0 Å². The van der Waals surface area contributed by atoms with Gasteiger partial charge in [-0.05, 0) is 48.7 Å². The second-order valence-corrected chi connectivity index (χ2v) is 11.1. The van der Waals surface area contributed by atoms with Crippen molar-refractivity contribution in [3.63, 3.8) is 0 Å². The fraction of sp³-hybridized carbons (Fsp3) is 0.278. The Labute approximate surface area is 257 Å². The molecule has 0 aliphatic carbocycles. The third-order valence-corrected chi connectivity index (χ3v) is 7.39. The van der Waals surface area contributed by atoms with Gasteiger partial charge in [0.2, 0.25) is 0 Å². The van der Waals surface area contributed by atoms with Crippen LogP contribution in [-0.2, 0) is 16.1 Å². The van der Waals surface area contributed by atoms with E-state index in [1.54, 1.807) is 36.2 Å². The zero-order valence-electron chi connectivity index (χ0n) is 25.5. The number of aromatic nitrogens is 1. The highest BCUT2D eigenvalue weighted by Crippen LogP contribution is 2.43. The number of hydrogen-bond donors (Lipinski definition) is 2. The van der Waals surface area contributed by atoms with Gasteiger partial charge in [0, 0.05) is 42.9 Å². The highest BCUT2D eigenvalue weighted by atomic mass is 19.1. The number of benzene rings is 3. The zero-order valence-corrected chi connectivity index (χ0v) is 25.5. The second-order valence-electron chi connectivity index (χ2n) is 11.1. The first-order chi connectivity index (χ1) is 21.1. The van der Waals surface area contributed by atoms with Crippen molar-refractivity contribution in [1.82, 2.24) is 9.47 Å². The van der Waals surface area contributed by atoms with Gasteiger partial charge in [-0.1, -0.05) is 78.9 Å². The third-order valence-electron chi connectivity index (χ3n) is 7.39. The van der Waals surface area contributed by atoms with Gasteiger partial charge in [0.15, 0.2) is 0 Å². The number of esters is 1. The maximum atomic E-state index is 14.4. The number of nitrogens with zero attached hydrogens (tertiary/aromatic N) is 2. The number of rotatable bonds is 12. The monoisotopic (exact) mass is 598 g/mol. The molecule has 44 heavy (non-hydrogen) atoms. The minimum atomic E-state index is -1.10. The van der Waals surface area contributed by atoms with Gasteiger partial charge in [0.25, 0.3) is 5.91 Å². The number of amides is 1. The second kappa shape index (κ2) is 14.8. The summed E-state index contributed by atoms with van der Waals surface area (Å²) in [6.07, 6.45) is 0.754. The number of methoxy groups -OCH3 is 1. The summed E-state index contributed by atoms with van der Waals surface area (Å²) in [7, 11) is 3.00. The first-order valence-corrected chi connectivity index (χ1v) is 14.6. The van der Waals surface area contributed by atoms with Gasteiger partial charge in [0.1, 0.15) is 11.5 Å². The van der Waals surface area contributed by atoms with Crippen LogP contribution in [0.15, 0.2) is 91.0 Å². The lowest BCUT2D eigenvalue weighted by Gasteiger charge is -2.22. The molecule has 0 spiro atoms. The number of halogens is 1. The number of ether oxygens (including phenoxy) is 1. The van der Waals surface area contributed by atoms with Crippen molar-refractivity contribution in [3.05, 3.63) is 114 Å². The number of aliphatic hydroxyl groups excluding tert-OH is 2. The highest BCUT2D eigenvalue weighted by molar-refractivity contribution is 6.06. The Hall–Kier alpha value is -4.53. The molecule has 0 fully saturated rings. The number of carbonyl (C=O) groups is 2. The molecular weight excluding hydrogens is 559 g/mol. The molecule has 2 atom stereocenters. The van der Waals surface area contributed by atoms with Crippen molar-refractivity contribution in [2.75, 3.05) is 14.2 Å². The van der Waals surface area contributed by atoms with Gasteiger partial charge >= 0.3 is 5.97 Å². The van der Waals surface area contributed by atoms with E-state index in [2.05, 4.69) is 4.74 Å². The molecule has 0 unspecified atom stereocenters. The molecule has 1 amide bonds. The number of aliphatic hydroxyl groups is 2. The van der Waals surface area contributed by atoms with Crippen LogP contribution in [0.25, 0.3) is 28.3 Å². The molecule has 1 heterocycles. The van der Waals surface area contributed by atoms with Crippen LogP contribution in [0.5, 0.6) is 0 Å². The highest BCUT2D eigenvalue weighted by Gasteiger charge is 2.31. The van der Waals surface area contributed by atoms with Crippen LogP contribution in [0, 0.1) is 5.82 Å². The van der Waals surface area contributed by atoms with Gasteiger partial charge in [0.05, 0.1) is 25.7 Å². The molecule has 0 aliphatic heterocycles. The maximum Gasteiger partial charge on any atom is 0.308 e. The Kier molecular flexibility index (Phi) is 10.9. The molecule has 2 N–H and O–H groups in total. The number of hydrogen-bond acceptors (Lipinski definition) is 5. The molecule has 3 aromatic carbocycles. The summed E-state index contributed by atoms with van der Waals surface area (Å²) in [5.74, 6) is -1.15. The number of carbonyl (C=O) groups excluding carboxylic acids is 2. The molecule has 1 aromatic heterocycles. The average molecular weight is 599 g/mol. The lowest BCUT2D eigenvalue weighted by molar-refractivity contribution is -0.143. The minimum absolute atomic E-state index is 0.0863. The normalized spacial score (nSPS) is 12.8. The molecule has 0 bridgehead atoms. The summed E-state index contributed by atoms with van der Waals surface area (Å²) in [5.41, 5.74) is 5.00. The molecule has 0 aliphatic rings. The Morgan fingerprint density at radius 3 is 2.09 bits per heavy atom. The maximum absolute atomic E-state index is 14.4. The largest absolute Gasteiger partial charge is 0.469 e. The van der Waals surface area contributed by atoms with Crippen molar-refractivity contribution in [3.8, 4) is 22.3 Å². The lowest BCUT2D eigenvalue weighted by atomic mass is 9.94. The zero-order chi connectivity index (χ0) is 31.8. The Balaban J connectivity index is 1.92. The quantitative estimate of drug-likeness (QED) is 0.182. The van der Waals surface area contributed by atoms with Gasteiger partial charge in [-0.15, -0.1) is 0 Å². The van der Waals surface area contributed by atoms with Gasteiger partial charge < -0.3 is 24.4 Å². The van der Waals surface area contributed by atoms with Crippen molar-refractivity contribution in [2.45, 2.75) is 51.5 Å². The van der Waals surface area contributed by atoms with Crippen LogP contribution < -0.4 is 0 Å². The van der Waals surface area contributed by atoms with E-state index in [9.17, 15) is 24.2 Å². The Morgan fingerprint density at radius 2 is 1.50 bits per heavy atom. The predicted octanol–water partition coefficient (Wildman–Crippen LogP) is 6.50. The summed E-state index contributed by atoms with van der Waals surface area (Å²) < 4.78 is 20.7. The van der Waals surface area contributed by atoms with E-state index in [0.29, 0.717) is 34.6 Å². The lowest BCUT2D eigenvalue weighted by Crippen LogP contribution is -2.29. The van der Waals surface area contributed by atoms with E-state index in [0.717, 1.165) is 11.1 Å². The Bertz CT molecular complexity index is 1580. The first kappa shape index (κ1) is 32.4. The van der Waals surface area contributed by atoms with Crippen LogP contribution in [0.4, 0.5) is 4.39 Å². The van der Waals surface area contributed by atoms with Gasteiger partial charge in [-0.3, -0.25) is 9.59 Å². The van der Waals surface area contributed by atoms with Crippen LogP contribution in [-0.4, -0.2) is 57.9 Å². The summed E-state index contributed by atoms with van der Waals surface area (Å²) >= 11 is 0. The van der Waals surface area contributed by atoms with E-state index in [1.807, 2.05) is 79.1 Å². The molecule has 4 aromatic rings. The van der Waals surface area contributed by atoms with Crippen molar-refractivity contribution in [2.24, 2.45) is 0 Å². The van der Waals surface area contributed by atoms with Crippen LogP contribution in [0.3, 0.4) is 0 Å².